The molecule has 5 nitrogen and oxygen atoms in total. The van der Waals surface area contributed by atoms with Gasteiger partial charge < -0.3 is 5.32 Å². The molecule has 1 heterocycles. The van der Waals surface area contributed by atoms with Crippen LogP contribution < -0.4 is 5.32 Å². The minimum Gasteiger partial charge on any atom is -0.324 e. The van der Waals surface area contributed by atoms with Crippen molar-refractivity contribution in [3.8, 4) is 17.1 Å². The van der Waals surface area contributed by atoms with Crippen molar-refractivity contribution >= 4 is 50.9 Å². The van der Waals surface area contributed by atoms with Crippen LogP contribution in [0.5, 0.6) is 0 Å². The molecule has 162 valence electrons. The first kappa shape index (κ1) is 22.6. The zero-order valence-corrected chi connectivity index (χ0v) is 20.4. The second-order valence-corrected chi connectivity index (χ2v) is 9.25. The van der Waals surface area contributed by atoms with Crippen LogP contribution in [0, 0.1) is 0 Å². The van der Waals surface area contributed by atoms with Crippen molar-refractivity contribution < 1.29 is 4.79 Å². The highest BCUT2D eigenvalue weighted by Crippen LogP contribution is 2.29. The molecule has 0 unspecified atom stereocenters. The van der Waals surface area contributed by atoms with E-state index in [-0.39, 0.29) is 11.7 Å². The van der Waals surface area contributed by atoms with Gasteiger partial charge in [-0.25, -0.2) is 0 Å². The lowest BCUT2D eigenvalue weighted by Gasteiger charge is -2.11. The number of rotatable bonds is 7. The van der Waals surface area contributed by atoms with Gasteiger partial charge in [0.05, 0.1) is 16.5 Å². The third-order valence-electron chi connectivity index (χ3n) is 4.81. The number of carbonyl (C=O) groups is 1. The molecule has 0 radical (unpaired) electrons. The van der Waals surface area contributed by atoms with Gasteiger partial charge in [-0.1, -0.05) is 88.7 Å². The van der Waals surface area contributed by atoms with Gasteiger partial charge in [-0.15, -0.1) is 10.2 Å². The monoisotopic (exact) mass is 526 g/mol. The molecular formula is C24H20BrClN4OS. The Bertz CT molecular complexity index is 1230. The Morgan fingerprint density at radius 2 is 1.81 bits per heavy atom. The first-order valence-electron chi connectivity index (χ1n) is 10.0. The number of nitrogens with one attached hydrogen (secondary N) is 1. The molecule has 1 aromatic heterocycles. The van der Waals surface area contributed by atoms with Gasteiger partial charge in [-0.3, -0.25) is 9.36 Å². The lowest BCUT2D eigenvalue weighted by Crippen LogP contribution is -2.15. The molecule has 1 N–H and O–H groups in total. The zero-order chi connectivity index (χ0) is 22.5. The number of hydrogen-bond acceptors (Lipinski definition) is 4. The highest BCUT2D eigenvalue weighted by Gasteiger charge is 2.17. The Morgan fingerprint density at radius 3 is 2.50 bits per heavy atom. The molecule has 0 spiro atoms. The van der Waals surface area contributed by atoms with E-state index in [0.29, 0.717) is 15.9 Å². The number of nitrogens with zero attached hydrogens (tertiary/aromatic N) is 3. The molecule has 3 aromatic carbocycles. The Balaban J connectivity index is 1.59. The fourth-order valence-corrected chi connectivity index (χ4v) is 4.63. The van der Waals surface area contributed by atoms with Crippen molar-refractivity contribution in [3.63, 3.8) is 0 Å². The normalized spacial score (nSPS) is 10.8. The number of anilines is 1. The summed E-state index contributed by atoms with van der Waals surface area (Å²) in [5.74, 6) is 0.733. The van der Waals surface area contributed by atoms with Gasteiger partial charge in [0, 0.05) is 15.7 Å². The van der Waals surface area contributed by atoms with Crippen LogP contribution in [0.1, 0.15) is 12.5 Å². The van der Waals surface area contributed by atoms with Gasteiger partial charge in [0.2, 0.25) is 5.91 Å². The molecule has 0 aliphatic rings. The maximum atomic E-state index is 12.6. The molecule has 8 heteroatoms. The van der Waals surface area contributed by atoms with Crippen LogP contribution in [0.4, 0.5) is 5.69 Å². The lowest BCUT2D eigenvalue weighted by molar-refractivity contribution is -0.113. The molecule has 0 saturated carbocycles. The number of hydrogen-bond donors (Lipinski definition) is 1. The van der Waals surface area contributed by atoms with Crippen molar-refractivity contribution in [3.05, 3.63) is 87.9 Å². The Hall–Kier alpha value is -2.61. The molecule has 0 bridgehead atoms. The van der Waals surface area contributed by atoms with E-state index in [1.54, 1.807) is 12.1 Å². The van der Waals surface area contributed by atoms with Crippen molar-refractivity contribution in [2.24, 2.45) is 0 Å². The van der Waals surface area contributed by atoms with Crippen molar-refractivity contribution in [1.82, 2.24) is 14.8 Å². The van der Waals surface area contributed by atoms with Crippen LogP contribution in [-0.2, 0) is 11.2 Å². The van der Waals surface area contributed by atoms with E-state index in [1.807, 2.05) is 41.0 Å². The van der Waals surface area contributed by atoms with Crippen LogP contribution in [-0.4, -0.2) is 26.4 Å². The largest absolute Gasteiger partial charge is 0.324 e. The molecular weight excluding hydrogens is 508 g/mol. The summed E-state index contributed by atoms with van der Waals surface area (Å²) in [4.78, 5) is 12.6. The predicted molar refractivity (Wildman–Crippen MR) is 135 cm³/mol. The minimum absolute atomic E-state index is 0.170. The molecule has 0 aliphatic carbocycles. The second-order valence-electron chi connectivity index (χ2n) is 6.99. The average Bonchev–Trinajstić information content (AvgIpc) is 3.24. The number of aryl methyl sites for hydroxylation is 1. The van der Waals surface area contributed by atoms with E-state index in [9.17, 15) is 4.79 Å². The van der Waals surface area contributed by atoms with E-state index < -0.39 is 0 Å². The topological polar surface area (TPSA) is 59.8 Å². The van der Waals surface area contributed by atoms with E-state index in [4.69, 9.17) is 11.6 Å². The molecule has 0 fully saturated rings. The lowest BCUT2D eigenvalue weighted by atomic mass is 10.1. The number of amides is 1. The van der Waals surface area contributed by atoms with E-state index >= 15 is 0 Å². The van der Waals surface area contributed by atoms with Crippen LogP contribution in [0.2, 0.25) is 5.02 Å². The molecule has 0 saturated heterocycles. The maximum absolute atomic E-state index is 12.6. The number of carbonyl (C=O) groups excluding carboxylic acids is 1. The molecule has 4 aromatic rings. The van der Waals surface area contributed by atoms with Gasteiger partial charge in [0.1, 0.15) is 0 Å². The summed E-state index contributed by atoms with van der Waals surface area (Å²) in [6.07, 6.45) is 0.967. The van der Waals surface area contributed by atoms with Crippen LogP contribution >= 0.6 is 39.3 Å². The van der Waals surface area contributed by atoms with Gasteiger partial charge in [-0.2, -0.15) is 0 Å². The van der Waals surface area contributed by atoms with Crippen molar-refractivity contribution in [2.75, 3.05) is 11.1 Å². The number of halogens is 2. The summed E-state index contributed by atoms with van der Waals surface area (Å²) in [7, 11) is 0. The van der Waals surface area contributed by atoms with E-state index in [0.717, 1.165) is 28.0 Å². The highest BCUT2D eigenvalue weighted by atomic mass is 79.9. The number of thioether (sulfide) groups is 1. The van der Waals surface area contributed by atoms with Crippen molar-refractivity contribution in [2.45, 2.75) is 18.5 Å². The maximum Gasteiger partial charge on any atom is 0.234 e. The standard InChI is InChI=1S/C24H20BrClN4OS/c1-2-16-8-11-19(12-9-16)30-23(17-6-4-3-5-7-17)28-29-24(30)32-15-22(31)27-21-13-10-18(25)14-20(21)26/h3-14H,2,15H2,1H3,(H,27,31). The summed E-state index contributed by atoms with van der Waals surface area (Å²) < 4.78 is 2.84. The fraction of sp³-hybridized carbons (Fsp3) is 0.125. The predicted octanol–water partition coefficient (Wildman–Crippen LogP) is 6.64. The SMILES string of the molecule is CCc1ccc(-n2c(SCC(=O)Nc3ccc(Br)cc3Cl)nnc2-c2ccccc2)cc1. The summed E-state index contributed by atoms with van der Waals surface area (Å²) in [5.41, 5.74) is 3.73. The number of aromatic nitrogens is 3. The molecule has 32 heavy (non-hydrogen) atoms. The number of benzene rings is 3. The quantitative estimate of drug-likeness (QED) is 0.274. The van der Waals surface area contributed by atoms with Gasteiger partial charge >= 0.3 is 0 Å². The van der Waals surface area contributed by atoms with Crippen molar-refractivity contribution in [1.29, 1.82) is 0 Å². The Labute approximate surface area is 204 Å². The van der Waals surface area contributed by atoms with Crippen LogP contribution in [0.3, 0.4) is 0 Å². The zero-order valence-electron chi connectivity index (χ0n) is 17.3. The fourth-order valence-electron chi connectivity index (χ4n) is 3.16. The summed E-state index contributed by atoms with van der Waals surface area (Å²) in [5, 5.41) is 12.8. The molecule has 1 amide bonds. The first-order chi connectivity index (χ1) is 15.5. The second kappa shape index (κ2) is 10.3. The van der Waals surface area contributed by atoms with E-state index in [1.165, 1.54) is 17.3 Å². The van der Waals surface area contributed by atoms with Gasteiger partial charge in [0.25, 0.3) is 0 Å². The summed E-state index contributed by atoms with van der Waals surface area (Å²) in [6.45, 7) is 2.13. The summed E-state index contributed by atoms with van der Waals surface area (Å²) >= 11 is 10.9. The first-order valence-corrected chi connectivity index (χ1v) is 12.2. The van der Waals surface area contributed by atoms with Gasteiger partial charge in [-0.05, 0) is 42.3 Å². The van der Waals surface area contributed by atoms with E-state index in [2.05, 4.69) is 62.6 Å². The Kier molecular flexibility index (Phi) is 7.29. The Morgan fingerprint density at radius 1 is 1.06 bits per heavy atom. The third-order valence-corrected chi connectivity index (χ3v) is 6.54. The molecule has 4 rings (SSSR count). The third kappa shape index (κ3) is 5.23. The molecule has 0 atom stereocenters. The molecule has 0 aliphatic heterocycles. The van der Waals surface area contributed by atoms with Crippen LogP contribution in [0.25, 0.3) is 17.1 Å². The minimum atomic E-state index is -0.170. The van der Waals surface area contributed by atoms with Crippen LogP contribution in [0.15, 0.2) is 82.4 Å². The summed E-state index contributed by atoms with van der Waals surface area (Å²) in [6, 6.07) is 23.5. The smallest absolute Gasteiger partial charge is 0.234 e. The van der Waals surface area contributed by atoms with Gasteiger partial charge in [0.15, 0.2) is 11.0 Å². The average molecular weight is 528 g/mol. The highest BCUT2D eigenvalue weighted by molar-refractivity contribution is 9.10.